The van der Waals surface area contributed by atoms with E-state index in [9.17, 15) is 4.79 Å². The molecule has 5 nitrogen and oxygen atoms in total. The van der Waals surface area contributed by atoms with Crippen LogP contribution in [0.5, 0.6) is 17.2 Å². The fourth-order valence-corrected chi connectivity index (χ4v) is 2.10. The van der Waals surface area contributed by atoms with Gasteiger partial charge in [0.1, 0.15) is 17.2 Å². The number of amides is 1. The van der Waals surface area contributed by atoms with Crippen molar-refractivity contribution in [3.8, 4) is 17.2 Å². The van der Waals surface area contributed by atoms with Crippen LogP contribution in [0.2, 0.25) is 0 Å². The Morgan fingerprint density at radius 3 is 2.21 bits per heavy atom. The Kier molecular flexibility index (Phi) is 6.07. The molecule has 2 aromatic carbocycles. The van der Waals surface area contributed by atoms with Crippen LogP contribution in [0, 0.1) is 0 Å². The Morgan fingerprint density at radius 2 is 1.54 bits per heavy atom. The second kappa shape index (κ2) is 8.24. The molecule has 0 bridgehead atoms. The van der Waals surface area contributed by atoms with E-state index in [1.54, 1.807) is 32.2 Å². The lowest BCUT2D eigenvalue weighted by atomic mass is 10.2. The van der Waals surface area contributed by atoms with Gasteiger partial charge in [0.05, 0.1) is 13.2 Å². The van der Waals surface area contributed by atoms with Gasteiger partial charge in [-0.1, -0.05) is 12.1 Å². The topological polar surface area (TPSA) is 56.8 Å². The van der Waals surface area contributed by atoms with E-state index in [1.807, 2.05) is 44.2 Å². The van der Waals surface area contributed by atoms with Crippen LogP contribution >= 0.6 is 0 Å². The first-order valence-electron chi connectivity index (χ1n) is 7.86. The number of methoxy groups -OCH3 is 1. The number of hydrogen-bond acceptors (Lipinski definition) is 4. The maximum Gasteiger partial charge on any atom is 0.265 e. The van der Waals surface area contributed by atoms with Crippen LogP contribution in [0.25, 0.3) is 0 Å². The van der Waals surface area contributed by atoms with Crippen LogP contribution in [0.4, 0.5) is 5.69 Å². The Hall–Kier alpha value is -2.69. The first kappa shape index (κ1) is 17.7. The zero-order chi connectivity index (χ0) is 17.5. The molecule has 24 heavy (non-hydrogen) atoms. The molecule has 0 aliphatic carbocycles. The molecule has 128 valence electrons. The van der Waals surface area contributed by atoms with Gasteiger partial charge in [0.25, 0.3) is 5.91 Å². The van der Waals surface area contributed by atoms with Crippen molar-refractivity contribution in [2.24, 2.45) is 0 Å². The van der Waals surface area contributed by atoms with Crippen molar-refractivity contribution in [2.75, 3.05) is 12.4 Å². The predicted octanol–water partition coefficient (Wildman–Crippen LogP) is 3.89. The smallest absolute Gasteiger partial charge is 0.265 e. The molecule has 1 atom stereocenters. The highest BCUT2D eigenvalue weighted by molar-refractivity contribution is 5.94. The van der Waals surface area contributed by atoms with Crippen molar-refractivity contribution >= 4 is 11.6 Å². The second-order valence-corrected chi connectivity index (χ2v) is 5.62. The molecule has 0 aromatic heterocycles. The van der Waals surface area contributed by atoms with Crippen molar-refractivity contribution in [1.29, 1.82) is 0 Å². The highest BCUT2D eigenvalue weighted by atomic mass is 16.5. The minimum atomic E-state index is -0.647. The number of anilines is 1. The average molecular weight is 329 g/mol. The fourth-order valence-electron chi connectivity index (χ4n) is 2.10. The minimum absolute atomic E-state index is 0.0752. The van der Waals surface area contributed by atoms with Gasteiger partial charge >= 0.3 is 0 Å². The molecule has 0 aliphatic rings. The van der Waals surface area contributed by atoms with Crippen LogP contribution in [0.15, 0.2) is 48.5 Å². The lowest BCUT2D eigenvalue weighted by Crippen LogP contribution is -2.30. The van der Waals surface area contributed by atoms with E-state index in [1.165, 1.54) is 0 Å². The molecule has 0 saturated heterocycles. The highest BCUT2D eigenvalue weighted by Crippen LogP contribution is 2.21. The van der Waals surface area contributed by atoms with Crippen molar-refractivity contribution in [3.05, 3.63) is 48.5 Å². The summed E-state index contributed by atoms with van der Waals surface area (Å²) in [6.45, 7) is 5.61. The Bertz CT molecular complexity index is 685. The molecule has 2 rings (SSSR count). The van der Waals surface area contributed by atoms with Crippen LogP contribution in [0.3, 0.4) is 0 Å². The summed E-state index contributed by atoms with van der Waals surface area (Å²) in [7, 11) is 1.58. The number of benzene rings is 2. The molecule has 1 amide bonds. The summed E-state index contributed by atoms with van der Waals surface area (Å²) in [6.07, 6.45) is -0.571. The Balaban J connectivity index is 1.98. The summed E-state index contributed by atoms with van der Waals surface area (Å²) in [5.41, 5.74) is 0.666. The lowest BCUT2D eigenvalue weighted by Gasteiger charge is -2.16. The number of ether oxygens (including phenoxy) is 3. The zero-order valence-electron chi connectivity index (χ0n) is 14.4. The Morgan fingerprint density at radius 1 is 0.917 bits per heavy atom. The van der Waals surface area contributed by atoms with Gasteiger partial charge in [-0.15, -0.1) is 0 Å². The van der Waals surface area contributed by atoms with Crippen molar-refractivity contribution in [2.45, 2.75) is 33.0 Å². The number of rotatable bonds is 7. The van der Waals surface area contributed by atoms with Gasteiger partial charge in [0.15, 0.2) is 6.10 Å². The van der Waals surface area contributed by atoms with Crippen LogP contribution in [-0.4, -0.2) is 25.2 Å². The maximum absolute atomic E-state index is 12.3. The monoisotopic (exact) mass is 329 g/mol. The highest BCUT2D eigenvalue weighted by Gasteiger charge is 2.15. The first-order valence-corrected chi connectivity index (χ1v) is 7.86. The molecule has 0 heterocycles. The normalized spacial score (nSPS) is 11.7. The molecule has 0 spiro atoms. The molecular formula is C19H23NO4. The molecule has 2 aromatic rings. The SMILES string of the molecule is COc1cccc(O[C@@H](C)C(=O)Nc2cccc(OC(C)C)c2)c1. The van der Waals surface area contributed by atoms with Crippen LogP contribution in [-0.2, 0) is 4.79 Å². The van der Waals surface area contributed by atoms with Gasteiger partial charge < -0.3 is 19.5 Å². The molecule has 1 N–H and O–H groups in total. The summed E-state index contributed by atoms with van der Waals surface area (Å²) in [6, 6.07) is 14.4. The van der Waals surface area contributed by atoms with E-state index in [0.717, 1.165) is 0 Å². The molecule has 0 fully saturated rings. The van der Waals surface area contributed by atoms with E-state index >= 15 is 0 Å². The number of hydrogen-bond donors (Lipinski definition) is 1. The molecular weight excluding hydrogens is 306 g/mol. The largest absolute Gasteiger partial charge is 0.497 e. The first-order chi connectivity index (χ1) is 11.5. The predicted molar refractivity (Wildman–Crippen MR) is 93.9 cm³/mol. The summed E-state index contributed by atoms with van der Waals surface area (Å²) >= 11 is 0. The number of carbonyl (C=O) groups is 1. The molecule has 0 radical (unpaired) electrons. The van der Waals surface area contributed by atoms with E-state index in [2.05, 4.69) is 5.32 Å². The van der Waals surface area contributed by atoms with E-state index in [4.69, 9.17) is 14.2 Å². The fraction of sp³-hybridized carbons (Fsp3) is 0.316. The number of carbonyl (C=O) groups excluding carboxylic acids is 1. The van der Waals surface area contributed by atoms with Gasteiger partial charge in [-0.05, 0) is 45.0 Å². The quantitative estimate of drug-likeness (QED) is 0.837. The third-order valence-electron chi connectivity index (χ3n) is 3.20. The lowest BCUT2D eigenvalue weighted by molar-refractivity contribution is -0.122. The standard InChI is InChI=1S/C19H23NO4/c1-13(2)23-17-9-5-7-15(11-17)20-19(21)14(3)24-18-10-6-8-16(12-18)22-4/h5-14H,1-4H3,(H,20,21)/t14-/m0/s1. The minimum Gasteiger partial charge on any atom is -0.497 e. The third-order valence-corrected chi connectivity index (χ3v) is 3.20. The van der Waals surface area contributed by atoms with Gasteiger partial charge in [-0.3, -0.25) is 4.79 Å². The van der Waals surface area contributed by atoms with Gasteiger partial charge in [0.2, 0.25) is 0 Å². The van der Waals surface area contributed by atoms with Gasteiger partial charge in [0, 0.05) is 17.8 Å². The summed E-state index contributed by atoms with van der Waals surface area (Å²) in [5, 5.41) is 2.83. The van der Waals surface area contributed by atoms with Crippen molar-refractivity contribution in [1.82, 2.24) is 0 Å². The molecule has 0 saturated carbocycles. The average Bonchev–Trinajstić information content (AvgIpc) is 2.54. The van der Waals surface area contributed by atoms with Gasteiger partial charge in [-0.2, -0.15) is 0 Å². The van der Waals surface area contributed by atoms with E-state index < -0.39 is 6.10 Å². The maximum atomic E-state index is 12.3. The van der Waals surface area contributed by atoms with Gasteiger partial charge in [-0.25, -0.2) is 0 Å². The number of nitrogens with one attached hydrogen (secondary N) is 1. The third kappa shape index (κ3) is 5.19. The molecule has 0 unspecified atom stereocenters. The van der Waals surface area contributed by atoms with Crippen LogP contribution < -0.4 is 19.5 Å². The Labute approximate surface area is 142 Å². The summed E-state index contributed by atoms with van der Waals surface area (Å²) in [5.74, 6) is 1.73. The second-order valence-electron chi connectivity index (χ2n) is 5.62. The van der Waals surface area contributed by atoms with E-state index in [0.29, 0.717) is 22.9 Å². The summed E-state index contributed by atoms with van der Waals surface area (Å²) < 4.78 is 16.4. The molecule has 5 heteroatoms. The zero-order valence-corrected chi connectivity index (χ0v) is 14.4. The molecule has 0 aliphatic heterocycles. The summed E-state index contributed by atoms with van der Waals surface area (Å²) in [4.78, 5) is 12.3. The van der Waals surface area contributed by atoms with Crippen molar-refractivity contribution in [3.63, 3.8) is 0 Å². The van der Waals surface area contributed by atoms with Crippen LogP contribution in [0.1, 0.15) is 20.8 Å². The van der Waals surface area contributed by atoms with Crippen molar-refractivity contribution < 1.29 is 19.0 Å². The van der Waals surface area contributed by atoms with E-state index in [-0.39, 0.29) is 12.0 Å².